The highest BCUT2D eigenvalue weighted by Crippen LogP contribution is 2.31. The smallest absolute Gasteiger partial charge is 0.488 e. The van der Waals surface area contributed by atoms with Crippen LogP contribution in [0.15, 0.2) is 36.4 Å². The fourth-order valence-electron chi connectivity index (χ4n) is 1.89. The van der Waals surface area contributed by atoms with Crippen molar-refractivity contribution in [3.63, 3.8) is 0 Å². The van der Waals surface area contributed by atoms with Gasteiger partial charge in [0.2, 0.25) is 0 Å². The maximum Gasteiger partial charge on any atom is 0.488 e. The van der Waals surface area contributed by atoms with Crippen LogP contribution in [0.4, 0.5) is 7.77 Å². The molecule has 0 atom stereocenters. The lowest BCUT2D eigenvalue weighted by molar-refractivity contribution is 0.103. The van der Waals surface area contributed by atoms with Gasteiger partial charge in [-0.25, -0.2) is 0 Å². The number of benzene rings is 2. The molecule has 0 bridgehead atoms. The average Bonchev–Trinajstić information content (AvgIpc) is 2.43. The minimum absolute atomic E-state index is 0.421. The zero-order valence-electron chi connectivity index (χ0n) is 12.3. The summed E-state index contributed by atoms with van der Waals surface area (Å²) < 4.78 is 74.1. The molecule has 140 valence electrons. The fourth-order valence-corrected chi connectivity index (χ4v) is 2.55. The first-order chi connectivity index (χ1) is 11.9. The van der Waals surface area contributed by atoms with Crippen LogP contribution >= 0.6 is 0 Å². The largest absolute Gasteiger partial charge is 0.507 e. The Kier molecular flexibility index (Phi) is 5.04. The summed E-state index contributed by atoms with van der Waals surface area (Å²) in [5.74, 6) is -3.76. The summed E-state index contributed by atoms with van der Waals surface area (Å²) in [4.78, 5) is 12.3. The van der Waals surface area contributed by atoms with E-state index in [-0.39, 0.29) is 0 Å². The first kappa shape index (κ1) is 19.4. The third-order valence-corrected chi connectivity index (χ3v) is 3.60. The van der Waals surface area contributed by atoms with Crippen molar-refractivity contribution >= 4 is 26.8 Å². The third kappa shape index (κ3) is 5.03. The van der Waals surface area contributed by atoms with Gasteiger partial charge in [0, 0.05) is 12.1 Å². The number of phenols is 2. The highest BCUT2D eigenvalue weighted by molar-refractivity contribution is 7.82. The molecule has 0 radical (unpaired) electrons. The number of phenolic OH excluding ortho intramolecular Hbond substituents is 2. The maximum absolute atomic E-state index is 12.4. The number of halogens is 2. The van der Waals surface area contributed by atoms with E-state index in [4.69, 9.17) is 0 Å². The van der Waals surface area contributed by atoms with E-state index in [2.05, 4.69) is 8.37 Å². The molecule has 2 aromatic rings. The van der Waals surface area contributed by atoms with E-state index in [1.54, 1.807) is 0 Å². The van der Waals surface area contributed by atoms with Crippen LogP contribution in [-0.4, -0.2) is 32.8 Å². The Bertz CT molecular complexity index is 993. The molecule has 0 aliphatic heterocycles. The van der Waals surface area contributed by atoms with Crippen molar-refractivity contribution < 1.29 is 48.0 Å². The molecule has 13 heteroatoms. The Morgan fingerprint density at radius 1 is 0.769 bits per heavy atom. The van der Waals surface area contributed by atoms with E-state index >= 15 is 0 Å². The maximum atomic E-state index is 12.4. The van der Waals surface area contributed by atoms with Gasteiger partial charge in [-0.15, -0.1) is 0 Å². The summed E-state index contributed by atoms with van der Waals surface area (Å²) in [6.45, 7) is 0. The van der Waals surface area contributed by atoms with Gasteiger partial charge in [-0.05, 0) is 24.3 Å². The van der Waals surface area contributed by atoms with Gasteiger partial charge in [-0.2, -0.15) is 16.8 Å². The van der Waals surface area contributed by atoms with E-state index < -0.39 is 60.9 Å². The Balaban J connectivity index is 2.34. The fraction of sp³-hybridized carbons (Fsp3) is 0. The Labute approximate surface area is 145 Å². The molecule has 0 heterocycles. The van der Waals surface area contributed by atoms with Crippen molar-refractivity contribution in [3.8, 4) is 23.0 Å². The Morgan fingerprint density at radius 3 is 1.38 bits per heavy atom. The van der Waals surface area contributed by atoms with Gasteiger partial charge in [-0.3, -0.25) is 4.79 Å². The van der Waals surface area contributed by atoms with Crippen molar-refractivity contribution in [1.29, 1.82) is 0 Å². The van der Waals surface area contributed by atoms with Crippen molar-refractivity contribution in [3.05, 3.63) is 47.5 Å². The van der Waals surface area contributed by atoms with E-state index in [1.165, 1.54) is 0 Å². The number of carbonyl (C=O) groups is 1. The zero-order chi connectivity index (χ0) is 19.7. The summed E-state index contributed by atoms with van der Waals surface area (Å²) >= 11 is 0. The molecule has 0 amide bonds. The lowest BCUT2D eigenvalue weighted by Gasteiger charge is -2.08. The summed E-state index contributed by atoms with van der Waals surface area (Å²) in [5, 5.41) is 19.5. The number of hydrogen-bond donors (Lipinski definition) is 2. The molecule has 9 nitrogen and oxygen atoms in total. The molecular weight excluding hydrogens is 402 g/mol. The number of aromatic hydroxyl groups is 2. The molecule has 0 saturated carbocycles. The monoisotopic (exact) mass is 410 g/mol. The molecule has 0 saturated heterocycles. The Morgan fingerprint density at radius 2 is 1.12 bits per heavy atom. The van der Waals surface area contributed by atoms with Gasteiger partial charge in [0.1, 0.15) is 23.0 Å². The molecule has 0 fully saturated rings. The average molecular weight is 410 g/mol. The first-order valence-electron chi connectivity index (χ1n) is 6.34. The van der Waals surface area contributed by atoms with E-state index in [1.807, 2.05) is 0 Å². The minimum atomic E-state index is -5.34. The van der Waals surface area contributed by atoms with Crippen LogP contribution in [0.1, 0.15) is 15.9 Å². The van der Waals surface area contributed by atoms with Crippen molar-refractivity contribution in [2.45, 2.75) is 0 Å². The van der Waals surface area contributed by atoms with Crippen molar-refractivity contribution in [1.82, 2.24) is 0 Å². The topological polar surface area (TPSA) is 144 Å². The number of rotatable bonds is 6. The second-order valence-corrected chi connectivity index (χ2v) is 6.55. The molecule has 2 rings (SSSR count). The SMILES string of the molecule is O=C(c1ccc(OS(=O)(=O)F)cc1O)c1ccc(OS(=O)(=O)F)cc1O. The van der Waals surface area contributed by atoms with Crippen LogP contribution in [0, 0.1) is 0 Å². The normalized spacial score (nSPS) is 11.8. The standard InChI is InChI=1S/C13H8F2O9S2/c14-25(19,20)23-7-1-3-9(11(16)5-7)13(18)10-4-2-8(6-12(10)17)24-26(15,21)22/h1-6,16-17H. The minimum Gasteiger partial charge on any atom is -0.507 e. The van der Waals surface area contributed by atoms with Crippen molar-refractivity contribution in [2.75, 3.05) is 0 Å². The van der Waals surface area contributed by atoms with Crippen LogP contribution in [0.2, 0.25) is 0 Å². The molecule has 0 unspecified atom stereocenters. The zero-order valence-corrected chi connectivity index (χ0v) is 13.9. The molecule has 2 N–H and O–H groups in total. The first-order valence-corrected chi connectivity index (χ1v) is 8.96. The number of carbonyl (C=O) groups excluding carboxylic acids is 1. The van der Waals surface area contributed by atoms with E-state index in [9.17, 15) is 39.6 Å². The predicted molar refractivity (Wildman–Crippen MR) is 81.0 cm³/mol. The molecule has 2 aromatic carbocycles. The Hall–Kier alpha value is -2.93. The van der Waals surface area contributed by atoms with Crippen LogP contribution < -0.4 is 8.37 Å². The van der Waals surface area contributed by atoms with Crippen LogP contribution in [0.3, 0.4) is 0 Å². The van der Waals surface area contributed by atoms with Gasteiger partial charge >= 0.3 is 21.0 Å². The quantitative estimate of drug-likeness (QED) is 0.535. The second-order valence-electron chi connectivity index (χ2n) is 4.64. The molecular formula is C13H8F2O9S2. The van der Waals surface area contributed by atoms with Crippen LogP contribution in [0.5, 0.6) is 23.0 Å². The molecule has 0 aromatic heterocycles. The number of ketones is 1. The van der Waals surface area contributed by atoms with Gasteiger partial charge < -0.3 is 18.6 Å². The summed E-state index contributed by atoms with van der Waals surface area (Å²) in [5.41, 5.74) is -0.841. The summed E-state index contributed by atoms with van der Waals surface area (Å²) in [7, 11) is -10.7. The molecule has 0 aliphatic carbocycles. The lowest BCUT2D eigenvalue weighted by Crippen LogP contribution is -2.05. The van der Waals surface area contributed by atoms with Gasteiger partial charge in [0.15, 0.2) is 5.78 Å². The van der Waals surface area contributed by atoms with Crippen LogP contribution in [-0.2, 0) is 21.0 Å². The van der Waals surface area contributed by atoms with E-state index in [0.717, 1.165) is 24.3 Å². The van der Waals surface area contributed by atoms with Crippen molar-refractivity contribution in [2.24, 2.45) is 0 Å². The summed E-state index contributed by atoms with van der Waals surface area (Å²) in [6, 6.07) is 4.83. The highest BCUT2D eigenvalue weighted by Gasteiger charge is 2.20. The molecule has 26 heavy (non-hydrogen) atoms. The van der Waals surface area contributed by atoms with Gasteiger partial charge in [0.25, 0.3) is 0 Å². The van der Waals surface area contributed by atoms with Crippen LogP contribution in [0.25, 0.3) is 0 Å². The number of hydrogen-bond acceptors (Lipinski definition) is 9. The van der Waals surface area contributed by atoms with Gasteiger partial charge in [-0.1, -0.05) is 7.77 Å². The third-order valence-electron chi connectivity index (χ3n) is 2.82. The highest BCUT2D eigenvalue weighted by atomic mass is 32.3. The van der Waals surface area contributed by atoms with Gasteiger partial charge in [0.05, 0.1) is 11.1 Å². The predicted octanol–water partition coefficient (Wildman–Crippen LogP) is 1.52. The van der Waals surface area contributed by atoms with E-state index in [0.29, 0.717) is 12.1 Å². The molecule has 0 aliphatic rings. The lowest BCUT2D eigenvalue weighted by atomic mass is 10.0. The summed E-state index contributed by atoms with van der Waals surface area (Å²) in [6.07, 6.45) is 0. The second kappa shape index (κ2) is 6.76. The molecule has 0 spiro atoms.